The summed E-state index contributed by atoms with van der Waals surface area (Å²) in [6.45, 7) is 3.44. The number of phenolic OH excluding ortho intramolecular Hbond substituents is 4. The number of fused-ring (bicyclic) bond motifs is 4. The molecule has 0 bridgehead atoms. The number of phenols is 4. The number of carbonyl (C=O) groups excluding carboxylic acids is 3. The third kappa shape index (κ3) is 3.52. The van der Waals surface area contributed by atoms with Crippen molar-refractivity contribution in [2.45, 2.75) is 20.3 Å². The van der Waals surface area contributed by atoms with Crippen LogP contribution in [0.25, 0.3) is 11.1 Å². The van der Waals surface area contributed by atoms with E-state index in [1.807, 2.05) is 0 Å². The molecule has 41 heavy (non-hydrogen) atoms. The number of ether oxygens (including phenoxy) is 2. The number of rotatable bonds is 3. The van der Waals surface area contributed by atoms with Gasteiger partial charge >= 0.3 is 0 Å². The van der Waals surface area contributed by atoms with Gasteiger partial charge in [0.15, 0.2) is 5.78 Å². The smallest absolute Gasteiger partial charge is 0.201 e. The maximum Gasteiger partial charge on any atom is 0.201 e. The molecule has 6 rings (SSSR count). The lowest BCUT2D eigenvalue weighted by Crippen LogP contribution is -2.22. The summed E-state index contributed by atoms with van der Waals surface area (Å²) in [5.41, 5.74) is 1.45. The Morgan fingerprint density at radius 2 is 1.10 bits per heavy atom. The van der Waals surface area contributed by atoms with Gasteiger partial charge in [-0.15, -0.1) is 0 Å². The van der Waals surface area contributed by atoms with Crippen LogP contribution in [0.5, 0.6) is 34.5 Å². The molecule has 2 aliphatic carbocycles. The zero-order chi connectivity index (χ0) is 29.5. The van der Waals surface area contributed by atoms with Gasteiger partial charge in [-0.2, -0.15) is 0 Å². The van der Waals surface area contributed by atoms with Crippen molar-refractivity contribution in [1.82, 2.24) is 0 Å². The Morgan fingerprint density at radius 3 is 1.76 bits per heavy atom. The molecule has 9 heteroatoms. The van der Waals surface area contributed by atoms with Gasteiger partial charge < -0.3 is 29.9 Å². The van der Waals surface area contributed by atoms with E-state index in [0.717, 1.165) is 0 Å². The van der Waals surface area contributed by atoms with Gasteiger partial charge in [0.2, 0.25) is 11.6 Å². The van der Waals surface area contributed by atoms with Gasteiger partial charge in [-0.25, -0.2) is 0 Å². The van der Waals surface area contributed by atoms with Gasteiger partial charge in [-0.3, -0.25) is 14.4 Å². The SMILES string of the molecule is COc1cc2c(c(O)c1-c1c(OC)cc(O)c3c1Cc1cc(C)cc(O)c1C3=O)C(=O)c1c(O)cc(C)cc1C2=O. The van der Waals surface area contributed by atoms with Crippen LogP contribution in [-0.2, 0) is 6.42 Å². The van der Waals surface area contributed by atoms with Gasteiger partial charge in [-0.1, -0.05) is 6.07 Å². The molecule has 2 aliphatic rings. The van der Waals surface area contributed by atoms with Crippen LogP contribution in [0.3, 0.4) is 0 Å². The number of hydrogen-bond acceptors (Lipinski definition) is 9. The normalized spacial score (nSPS) is 13.3. The van der Waals surface area contributed by atoms with Crippen LogP contribution >= 0.6 is 0 Å². The van der Waals surface area contributed by atoms with Crippen molar-refractivity contribution >= 4 is 17.3 Å². The minimum absolute atomic E-state index is 0.00572. The molecule has 4 aromatic carbocycles. The number of carbonyl (C=O) groups is 3. The predicted molar refractivity (Wildman–Crippen MR) is 147 cm³/mol. The average Bonchev–Trinajstić information content (AvgIpc) is 2.90. The summed E-state index contributed by atoms with van der Waals surface area (Å²) < 4.78 is 11.2. The van der Waals surface area contributed by atoms with Crippen LogP contribution in [0, 0.1) is 13.8 Å². The standard InChI is InChI=1S/C32H24O9/c1-12-5-14-9-15-24(30(37)23(14)18(33)7-12)20(35)11-22(41-4)26(15)28-21(40-3)10-17-27(32(28)39)31(38)25-16(29(17)36)6-13(2)8-19(25)34/h5-8,10-11,33-35,39H,9H2,1-4H3. The van der Waals surface area contributed by atoms with Gasteiger partial charge in [-0.05, 0) is 66.8 Å². The Morgan fingerprint density at radius 1 is 0.561 bits per heavy atom. The Bertz CT molecular complexity index is 1900. The van der Waals surface area contributed by atoms with Crippen molar-refractivity contribution in [3.8, 4) is 45.6 Å². The van der Waals surface area contributed by atoms with Crippen molar-refractivity contribution < 1.29 is 44.3 Å². The summed E-state index contributed by atoms with van der Waals surface area (Å²) >= 11 is 0. The Kier molecular flexibility index (Phi) is 5.60. The number of hydrogen-bond donors (Lipinski definition) is 4. The molecule has 206 valence electrons. The fourth-order valence-corrected chi connectivity index (χ4v) is 6.03. The monoisotopic (exact) mass is 552 g/mol. The van der Waals surface area contributed by atoms with E-state index < -0.39 is 34.6 Å². The van der Waals surface area contributed by atoms with E-state index in [0.29, 0.717) is 16.7 Å². The predicted octanol–water partition coefficient (Wildman–Crippen LogP) is 4.72. The van der Waals surface area contributed by atoms with Crippen molar-refractivity contribution in [2.24, 2.45) is 0 Å². The van der Waals surface area contributed by atoms with Crippen molar-refractivity contribution in [3.05, 3.63) is 92.0 Å². The molecule has 0 fully saturated rings. The zero-order valence-electron chi connectivity index (χ0n) is 22.5. The molecule has 0 heterocycles. The maximum atomic E-state index is 13.7. The van der Waals surface area contributed by atoms with Crippen molar-refractivity contribution in [2.75, 3.05) is 14.2 Å². The van der Waals surface area contributed by atoms with Crippen LogP contribution in [-0.4, -0.2) is 52.0 Å². The minimum Gasteiger partial charge on any atom is -0.507 e. The van der Waals surface area contributed by atoms with Crippen molar-refractivity contribution in [1.29, 1.82) is 0 Å². The molecule has 0 saturated heterocycles. The molecule has 4 aromatic rings. The lowest BCUT2D eigenvalue weighted by atomic mass is 9.77. The molecule has 0 aromatic heterocycles. The highest BCUT2D eigenvalue weighted by atomic mass is 16.5. The van der Waals surface area contributed by atoms with E-state index in [-0.39, 0.29) is 73.7 Å². The molecule has 0 radical (unpaired) electrons. The lowest BCUT2D eigenvalue weighted by Gasteiger charge is -2.27. The van der Waals surface area contributed by atoms with Gasteiger partial charge in [0.25, 0.3) is 0 Å². The van der Waals surface area contributed by atoms with E-state index in [1.54, 1.807) is 19.9 Å². The first-order valence-electron chi connectivity index (χ1n) is 12.7. The first-order chi connectivity index (χ1) is 19.5. The number of methoxy groups -OCH3 is 2. The molecule has 4 N–H and O–H groups in total. The van der Waals surface area contributed by atoms with E-state index in [2.05, 4.69) is 0 Å². The fourth-order valence-electron chi connectivity index (χ4n) is 6.03. The number of aryl methyl sites for hydroxylation is 2. The molecule has 0 aliphatic heterocycles. The number of ketones is 3. The molecular formula is C32H24O9. The third-order valence-corrected chi connectivity index (χ3v) is 7.70. The summed E-state index contributed by atoms with van der Waals surface area (Å²) in [7, 11) is 2.66. The van der Waals surface area contributed by atoms with E-state index in [1.165, 1.54) is 44.6 Å². The highest BCUT2D eigenvalue weighted by Gasteiger charge is 2.40. The number of aromatic hydroxyl groups is 4. The van der Waals surface area contributed by atoms with Crippen LogP contribution in [0.4, 0.5) is 0 Å². The Hall–Kier alpha value is -5.31. The lowest BCUT2D eigenvalue weighted by molar-refractivity contribution is 0.0974. The quantitative estimate of drug-likeness (QED) is 0.244. The summed E-state index contributed by atoms with van der Waals surface area (Å²) in [6.07, 6.45) is 0.0567. The average molecular weight is 553 g/mol. The molecule has 0 unspecified atom stereocenters. The van der Waals surface area contributed by atoms with E-state index >= 15 is 0 Å². The summed E-state index contributed by atoms with van der Waals surface area (Å²) in [6, 6.07) is 8.59. The molecule has 0 amide bonds. The van der Waals surface area contributed by atoms with Crippen molar-refractivity contribution in [3.63, 3.8) is 0 Å². The van der Waals surface area contributed by atoms with Gasteiger partial charge in [0.05, 0.1) is 42.0 Å². The molecular weight excluding hydrogens is 528 g/mol. The Labute approximate surface area is 233 Å². The molecule has 0 atom stereocenters. The highest BCUT2D eigenvalue weighted by molar-refractivity contribution is 6.31. The Balaban J connectivity index is 1.69. The van der Waals surface area contributed by atoms with E-state index in [4.69, 9.17) is 9.47 Å². The second-order valence-electron chi connectivity index (χ2n) is 10.2. The summed E-state index contributed by atoms with van der Waals surface area (Å²) in [4.78, 5) is 40.9. The molecule has 0 spiro atoms. The topological polar surface area (TPSA) is 151 Å². The van der Waals surface area contributed by atoms with Gasteiger partial charge in [0, 0.05) is 22.8 Å². The first kappa shape index (κ1) is 25.9. The summed E-state index contributed by atoms with van der Waals surface area (Å²) in [5.74, 6) is -3.51. The third-order valence-electron chi connectivity index (χ3n) is 7.70. The number of benzene rings is 4. The molecule has 0 saturated carbocycles. The zero-order valence-corrected chi connectivity index (χ0v) is 22.5. The van der Waals surface area contributed by atoms with E-state index in [9.17, 15) is 34.8 Å². The molecule has 9 nitrogen and oxygen atoms in total. The van der Waals surface area contributed by atoms with Crippen LogP contribution < -0.4 is 9.47 Å². The van der Waals surface area contributed by atoms with Crippen LogP contribution in [0.2, 0.25) is 0 Å². The van der Waals surface area contributed by atoms with Crippen LogP contribution in [0.15, 0.2) is 36.4 Å². The summed E-state index contributed by atoms with van der Waals surface area (Å²) in [5, 5.41) is 43.8. The van der Waals surface area contributed by atoms with Crippen LogP contribution in [0.1, 0.15) is 70.0 Å². The van der Waals surface area contributed by atoms with Gasteiger partial charge in [0.1, 0.15) is 34.5 Å². The first-order valence-corrected chi connectivity index (χ1v) is 12.7. The maximum absolute atomic E-state index is 13.7. The minimum atomic E-state index is -0.762. The second kappa shape index (κ2) is 8.85. The fraction of sp³-hybridized carbons (Fsp3) is 0.156. The highest BCUT2D eigenvalue weighted by Crippen LogP contribution is 2.53. The second-order valence-corrected chi connectivity index (χ2v) is 10.2. The largest absolute Gasteiger partial charge is 0.507 e.